The Hall–Kier alpha value is -1.99. The van der Waals surface area contributed by atoms with Gasteiger partial charge in [0.2, 0.25) is 11.7 Å². The maximum atomic E-state index is 11.8. The lowest BCUT2D eigenvalue weighted by Gasteiger charge is -2.29. The SMILES string of the molecule is COc1ccc(C[NH+]2CCC[C@@H](C(=O)NN)C2)c(OC)c1OC. The average Bonchev–Trinajstić information content (AvgIpc) is 2.60. The average molecular weight is 324 g/mol. The molecule has 7 heteroatoms. The lowest BCUT2D eigenvalue weighted by Crippen LogP contribution is -3.12. The molecular formula is C16H26N3O4+. The second kappa shape index (κ2) is 8.03. The number of hydrazine groups is 1. The van der Waals surface area contributed by atoms with Gasteiger partial charge in [-0.2, -0.15) is 0 Å². The molecule has 128 valence electrons. The van der Waals surface area contributed by atoms with Gasteiger partial charge in [0, 0.05) is 0 Å². The van der Waals surface area contributed by atoms with E-state index in [1.165, 1.54) is 4.90 Å². The highest BCUT2D eigenvalue weighted by atomic mass is 16.5. The molecule has 1 aliphatic heterocycles. The van der Waals surface area contributed by atoms with E-state index in [0.29, 0.717) is 17.2 Å². The van der Waals surface area contributed by atoms with E-state index in [1.807, 2.05) is 12.1 Å². The molecule has 0 radical (unpaired) electrons. The summed E-state index contributed by atoms with van der Waals surface area (Å²) in [5, 5.41) is 0. The number of rotatable bonds is 6. The molecule has 23 heavy (non-hydrogen) atoms. The molecule has 1 saturated heterocycles. The maximum absolute atomic E-state index is 11.8. The van der Waals surface area contributed by atoms with Gasteiger partial charge in [0.25, 0.3) is 0 Å². The Kier molecular flexibility index (Phi) is 6.06. The van der Waals surface area contributed by atoms with Crippen molar-refractivity contribution in [3.05, 3.63) is 17.7 Å². The number of amides is 1. The highest BCUT2D eigenvalue weighted by molar-refractivity contribution is 5.78. The zero-order chi connectivity index (χ0) is 16.8. The number of nitrogens with one attached hydrogen (secondary N) is 2. The van der Waals surface area contributed by atoms with Crippen molar-refractivity contribution in [1.82, 2.24) is 5.43 Å². The third kappa shape index (κ3) is 3.86. The Bertz CT molecular complexity index is 550. The van der Waals surface area contributed by atoms with Gasteiger partial charge in [0.05, 0.1) is 45.9 Å². The minimum absolute atomic E-state index is 0.0325. The standard InChI is InChI=1S/C16H25N3O4/c1-21-13-7-6-11(14(22-2)15(13)23-3)9-19-8-4-5-12(10-19)16(20)18-17/h6-7,12H,4-5,8-10,17H2,1-3H3,(H,18,20)/p+1/t12-/m1/s1. The number of carbonyl (C=O) groups is 1. The van der Waals surface area contributed by atoms with Gasteiger partial charge >= 0.3 is 0 Å². The van der Waals surface area contributed by atoms with Crippen LogP contribution < -0.4 is 30.4 Å². The second-order valence-electron chi connectivity index (χ2n) is 5.72. The topological polar surface area (TPSA) is 87.3 Å². The molecule has 1 heterocycles. The minimum atomic E-state index is -0.0820. The Labute approximate surface area is 136 Å². The Morgan fingerprint density at radius 3 is 2.61 bits per heavy atom. The zero-order valence-corrected chi connectivity index (χ0v) is 14.0. The van der Waals surface area contributed by atoms with Gasteiger partial charge in [-0.25, -0.2) is 5.84 Å². The first kappa shape index (κ1) is 17.4. The molecular weight excluding hydrogens is 298 g/mol. The summed E-state index contributed by atoms with van der Waals surface area (Å²) in [6, 6.07) is 3.87. The lowest BCUT2D eigenvalue weighted by molar-refractivity contribution is -0.921. The smallest absolute Gasteiger partial charge is 0.242 e. The van der Waals surface area contributed by atoms with E-state index in [1.54, 1.807) is 21.3 Å². The molecule has 4 N–H and O–H groups in total. The number of hydrogen-bond acceptors (Lipinski definition) is 5. The number of piperidine rings is 1. The van der Waals surface area contributed by atoms with Crippen molar-refractivity contribution >= 4 is 5.91 Å². The summed E-state index contributed by atoms with van der Waals surface area (Å²) in [5.74, 6) is 7.07. The molecule has 1 aromatic rings. The van der Waals surface area contributed by atoms with Crippen molar-refractivity contribution in [2.24, 2.45) is 11.8 Å². The van der Waals surface area contributed by atoms with Crippen LogP contribution in [0.4, 0.5) is 0 Å². The molecule has 0 aliphatic carbocycles. The van der Waals surface area contributed by atoms with Crippen molar-refractivity contribution in [3.8, 4) is 17.2 Å². The van der Waals surface area contributed by atoms with E-state index in [2.05, 4.69) is 5.43 Å². The highest BCUT2D eigenvalue weighted by Gasteiger charge is 2.29. The van der Waals surface area contributed by atoms with Crippen LogP contribution in [0.5, 0.6) is 17.2 Å². The number of ether oxygens (including phenoxy) is 3. The molecule has 0 saturated carbocycles. The Morgan fingerprint density at radius 2 is 2.00 bits per heavy atom. The molecule has 2 atom stereocenters. The Balaban J connectivity index is 2.17. The first-order valence-electron chi connectivity index (χ1n) is 7.76. The van der Waals surface area contributed by atoms with Gasteiger partial charge in [-0.05, 0) is 25.0 Å². The van der Waals surface area contributed by atoms with E-state index in [9.17, 15) is 4.79 Å². The fourth-order valence-corrected chi connectivity index (χ4v) is 3.22. The minimum Gasteiger partial charge on any atom is -0.493 e. The van der Waals surface area contributed by atoms with Crippen LogP contribution >= 0.6 is 0 Å². The molecule has 0 bridgehead atoms. The molecule has 0 spiro atoms. The van der Waals surface area contributed by atoms with E-state index in [-0.39, 0.29) is 11.8 Å². The zero-order valence-electron chi connectivity index (χ0n) is 14.0. The lowest BCUT2D eigenvalue weighted by atomic mass is 9.97. The largest absolute Gasteiger partial charge is 0.493 e. The maximum Gasteiger partial charge on any atom is 0.242 e. The van der Waals surface area contributed by atoms with Gasteiger partial charge in [-0.15, -0.1) is 0 Å². The number of carbonyl (C=O) groups excluding carboxylic acids is 1. The van der Waals surface area contributed by atoms with Crippen molar-refractivity contribution in [2.45, 2.75) is 19.4 Å². The third-order valence-electron chi connectivity index (χ3n) is 4.36. The van der Waals surface area contributed by atoms with Crippen molar-refractivity contribution in [1.29, 1.82) is 0 Å². The van der Waals surface area contributed by atoms with Crippen LogP contribution in [-0.4, -0.2) is 40.3 Å². The molecule has 1 aliphatic rings. The summed E-state index contributed by atoms with van der Waals surface area (Å²) >= 11 is 0. The van der Waals surface area contributed by atoms with Crippen molar-refractivity contribution in [3.63, 3.8) is 0 Å². The summed E-state index contributed by atoms with van der Waals surface area (Å²) < 4.78 is 16.3. The first-order valence-corrected chi connectivity index (χ1v) is 7.76. The number of methoxy groups -OCH3 is 3. The molecule has 1 unspecified atom stereocenters. The monoisotopic (exact) mass is 324 g/mol. The van der Waals surface area contributed by atoms with Gasteiger partial charge in [-0.3, -0.25) is 10.2 Å². The summed E-state index contributed by atoms with van der Waals surface area (Å²) in [5.41, 5.74) is 3.30. The van der Waals surface area contributed by atoms with Crippen molar-refractivity contribution < 1.29 is 23.9 Å². The molecule has 7 nitrogen and oxygen atoms in total. The second-order valence-corrected chi connectivity index (χ2v) is 5.72. The van der Waals surface area contributed by atoms with E-state index < -0.39 is 0 Å². The summed E-state index contributed by atoms with van der Waals surface area (Å²) in [6.07, 6.45) is 1.89. The van der Waals surface area contributed by atoms with Gasteiger partial charge in [-0.1, -0.05) is 0 Å². The van der Waals surface area contributed by atoms with Crippen LogP contribution in [0.2, 0.25) is 0 Å². The first-order chi connectivity index (χ1) is 11.1. The van der Waals surface area contributed by atoms with Crippen LogP contribution in [-0.2, 0) is 11.3 Å². The summed E-state index contributed by atoms with van der Waals surface area (Å²) in [7, 11) is 4.82. The van der Waals surface area contributed by atoms with Crippen molar-refractivity contribution in [2.75, 3.05) is 34.4 Å². The quantitative estimate of drug-likeness (QED) is 0.373. The number of quaternary nitrogens is 1. The number of nitrogens with two attached hydrogens (primary N) is 1. The molecule has 0 aromatic heterocycles. The van der Waals surface area contributed by atoms with E-state index >= 15 is 0 Å². The summed E-state index contributed by atoms with van der Waals surface area (Å²) in [6.45, 7) is 2.55. The molecule has 2 rings (SSSR count). The third-order valence-corrected chi connectivity index (χ3v) is 4.36. The van der Waals surface area contributed by atoms with Gasteiger partial charge in [0.1, 0.15) is 6.54 Å². The number of likely N-dealkylation sites (tertiary alicyclic amines) is 1. The van der Waals surface area contributed by atoms with Crippen LogP contribution in [0.15, 0.2) is 12.1 Å². The summed E-state index contributed by atoms with van der Waals surface area (Å²) in [4.78, 5) is 13.1. The predicted octanol–water partition coefficient (Wildman–Crippen LogP) is -0.503. The van der Waals surface area contributed by atoms with Gasteiger partial charge in [0.15, 0.2) is 11.5 Å². The van der Waals surface area contributed by atoms with Crippen LogP contribution in [0.1, 0.15) is 18.4 Å². The molecule has 1 amide bonds. The van der Waals surface area contributed by atoms with E-state index in [0.717, 1.165) is 38.0 Å². The van der Waals surface area contributed by atoms with Crippen LogP contribution in [0.25, 0.3) is 0 Å². The normalized spacial score (nSPS) is 20.7. The van der Waals surface area contributed by atoms with Crippen LogP contribution in [0, 0.1) is 5.92 Å². The van der Waals surface area contributed by atoms with Gasteiger partial charge < -0.3 is 19.1 Å². The predicted molar refractivity (Wildman–Crippen MR) is 85.6 cm³/mol. The molecule has 1 aromatic carbocycles. The number of benzene rings is 1. The fourth-order valence-electron chi connectivity index (χ4n) is 3.22. The number of hydrogen-bond donors (Lipinski definition) is 3. The molecule has 1 fully saturated rings. The fraction of sp³-hybridized carbons (Fsp3) is 0.562. The van der Waals surface area contributed by atoms with Crippen LogP contribution in [0.3, 0.4) is 0 Å². The Morgan fingerprint density at radius 1 is 1.26 bits per heavy atom. The van der Waals surface area contributed by atoms with E-state index in [4.69, 9.17) is 20.1 Å². The highest BCUT2D eigenvalue weighted by Crippen LogP contribution is 2.39.